The van der Waals surface area contributed by atoms with E-state index in [1.165, 1.54) is 17.2 Å². The number of carbonyl (C=O) groups is 1. The van der Waals surface area contributed by atoms with Crippen LogP contribution in [0.1, 0.15) is 38.8 Å². The predicted octanol–water partition coefficient (Wildman–Crippen LogP) is -0.0268. The first-order valence-corrected chi connectivity index (χ1v) is 9.76. The van der Waals surface area contributed by atoms with Crippen LogP contribution in [0, 0.1) is 0 Å². The highest BCUT2D eigenvalue weighted by atomic mass is 16.6. The van der Waals surface area contributed by atoms with E-state index in [9.17, 15) is 20.1 Å². The van der Waals surface area contributed by atoms with Gasteiger partial charge in [-0.3, -0.25) is 9.36 Å². The van der Waals surface area contributed by atoms with Gasteiger partial charge in [0, 0.05) is 13.0 Å². The molecule has 0 aliphatic carbocycles. The molecule has 1 fully saturated rings. The van der Waals surface area contributed by atoms with Crippen LogP contribution in [0.4, 0.5) is 5.82 Å². The molecule has 0 aromatic carbocycles. The zero-order chi connectivity index (χ0) is 20.8. The van der Waals surface area contributed by atoms with E-state index in [-0.39, 0.29) is 5.97 Å². The van der Waals surface area contributed by atoms with Gasteiger partial charge in [-0.15, -0.1) is 0 Å². The number of nitrogens with one attached hydrogen (secondary N) is 1. The Hall–Kier alpha value is -2.34. The second-order valence-corrected chi connectivity index (χ2v) is 6.82. The molecule has 0 bridgehead atoms. The van der Waals surface area contributed by atoms with Crippen molar-refractivity contribution in [2.24, 2.45) is 0 Å². The molecule has 1 aliphatic rings. The molecular formula is C18H27N5O6. The lowest BCUT2D eigenvalue weighted by Gasteiger charge is -2.16. The number of rotatable bonds is 10. The maximum atomic E-state index is 11.3. The number of aliphatic hydroxyl groups excluding tert-OH is 3. The van der Waals surface area contributed by atoms with Gasteiger partial charge in [-0.1, -0.05) is 6.42 Å². The number of fused-ring (bicyclic) bond motifs is 1. The Labute approximate surface area is 167 Å². The van der Waals surface area contributed by atoms with E-state index < -0.39 is 31.1 Å². The van der Waals surface area contributed by atoms with Gasteiger partial charge in [-0.2, -0.15) is 0 Å². The van der Waals surface area contributed by atoms with Gasteiger partial charge in [-0.25, -0.2) is 15.0 Å². The molecule has 2 aromatic rings. The average molecular weight is 409 g/mol. The highest BCUT2D eigenvalue weighted by Gasteiger charge is 2.44. The number of nitrogens with zero attached hydrogens (tertiary/aromatic N) is 4. The fourth-order valence-corrected chi connectivity index (χ4v) is 3.29. The van der Waals surface area contributed by atoms with E-state index in [0.29, 0.717) is 36.6 Å². The quantitative estimate of drug-likeness (QED) is 0.311. The monoisotopic (exact) mass is 409 g/mol. The first-order chi connectivity index (χ1) is 14.1. The van der Waals surface area contributed by atoms with E-state index in [1.807, 2.05) is 0 Å². The first kappa shape index (κ1) is 21.4. The molecule has 4 N–H and O–H groups in total. The van der Waals surface area contributed by atoms with Crippen LogP contribution in [0.25, 0.3) is 11.2 Å². The smallest absolute Gasteiger partial charge is 0.305 e. The van der Waals surface area contributed by atoms with Crippen molar-refractivity contribution in [3.63, 3.8) is 0 Å². The molecule has 29 heavy (non-hydrogen) atoms. The summed E-state index contributed by atoms with van der Waals surface area (Å²) in [6, 6.07) is 0. The highest BCUT2D eigenvalue weighted by Crippen LogP contribution is 2.32. The lowest BCUT2D eigenvalue weighted by Crippen LogP contribution is -2.33. The summed E-state index contributed by atoms with van der Waals surface area (Å²) in [6.45, 7) is 2.44. The number of aromatic nitrogens is 4. The molecule has 0 amide bonds. The highest BCUT2D eigenvalue weighted by molar-refractivity contribution is 5.82. The minimum absolute atomic E-state index is 0.173. The zero-order valence-electron chi connectivity index (χ0n) is 16.3. The Kier molecular flexibility index (Phi) is 7.31. The number of esters is 1. The normalized spacial score (nSPS) is 24.1. The van der Waals surface area contributed by atoms with E-state index >= 15 is 0 Å². The van der Waals surface area contributed by atoms with Gasteiger partial charge in [0.15, 0.2) is 23.2 Å². The summed E-state index contributed by atoms with van der Waals surface area (Å²) >= 11 is 0. The van der Waals surface area contributed by atoms with Crippen LogP contribution in [-0.4, -0.2) is 78.9 Å². The molecular weight excluding hydrogens is 382 g/mol. The van der Waals surface area contributed by atoms with E-state index in [2.05, 4.69) is 20.3 Å². The Morgan fingerprint density at radius 3 is 2.79 bits per heavy atom. The summed E-state index contributed by atoms with van der Waals surface area (Å²) in [5.41, 5.74) is 0.955. The summed E-state index contributed by atoms with van der Waals surface area (Å²) in [6.07, 6.45) is 1.55. The molecule has 11 nitrogen and oxygen atoms in total. The Bertz CT molecular complexity index is 815. The Balaban J connectivity index is 1.58. The van der Waals surface area contributed by atoms with E-state index in [4.69, 9.17) is 9.47 Å². The van der Waals surface area contributed by atoms with Crippen molar-refractivity contribution in [3.05, 3.63) is 12.7 Å². The van der Waals surface area contributed by atoms with Gasteiger partial charge < -0.3 is 30.1 Å². The molecule has 3 heterocycles. The molecule has 0 saturated carbocycles. The van der Waals surface area contributed by atoms with Crippen LogP contribution in [-0.2, 0) is 14.3 Å². The van der Waals surface area contributed by atoms with E-state index in [1.54, 1.807) is 6.92 Å². The number of unbranched alkanes of at least 4 members (excludes halogenated alkanes) is 2. The summed E-state index contributed by atoms with van der Waals surface area (Å²) < 4.78 is 12.0. The predicted molar refractivity (Wildman–Crippen MR) is 102 cm³/mol. The number of ether oxygens (including phenoxy) is 2. The van der Waals surface area contributed by atoms with Crippen molar-refractivity contribution in [2.45, 2.75) is 57.1 Å². The maximum absolute atomic E-state index is 11.3. The van der Waals surface area contributed by atoms with Gasteiger partial charge in [0.2, 0.25) is 0 Å². The fourth-order valence-electron chi connectivity index (χ4n) is 3.29. The van der Waals surface area contributed by atoms with Crippen LogP contribution < -0.4 is 5.32 Å². The minimum Gasteiger partial charge on any atom is -0.466 e. The topological polar surface area (TPSA) is 152 Å². The molecule has 3 rings (SSSR count). The van der Waals surface area contributed by atoms with Crippen molar-refractivity contribution in [1.29, 1.82) is 0 Å². The van der Waals surface area contributed by atoms with E-state index in [0.717, 1.165) is 19.3 Å². The van der Waals surface area contributed by atoms with Gasteiger partial charge in [0.1, 0.15) is 24.6 Å². The van der Waals surface area contributed by atoms with Crippen molar-refractivity contribution in [2.75, 3.05) is 25.1 Å². The van der Waals surface area contributed by atoms with Crippen LogP contribution in [0.3, 0.4) is 0 Å². The molecule has 0 unspecified atom stereocenters. The zero-order valence-corrected chi connectivity index (χ0v) is 16.3. The summed E-state index contributed by atoms with van der Waals surface area (Å²) in [7, 11) is 0. The lowest BCUT2D eigenvalue weighted by atomic mass is 10.1. The second-order valence-electron chi connectivity index (χ2n) is 6.82. The first-order valence-electron chi connectivity index (χ1n) is 9.76. The maximum Gasteiger partial charge on any atom is 0.305 e. The van der Waals surface area contributed by atoms with Gasteiger partial charge in [0.25, 0.3) is 0 Å². The SMILES string of the molecule is CCOC(=O)CCCCCNc1ncnc2c1ncn2[C@@H]1O[C@H](CO)[C@@H](O)[C@H]1O. The van der Waals surface area contributed by atoms with Crippen molar-refractivity contribution >= 4 is 23.0 Å². The Morgan fingerprint density at radius 1 is 1.24 bits per heavy atom. The minimum atomic E-state index is -1.21. The van der Waals surface area contributed by atoms with Gasteiger partial charge in [-0.05, 0) is 19.8 Å². The molecule has 2 aromatic heterocycles. The third kappa shape index (κ3) is 4.81. The standard InChI is InChI=1S/C18H27N5O6/c1-2-28-12(25)6-4-3-5-7-19-16-13-17(21-9-20-16)23(10-22-13)18-15(27)14(26)11(8-24)29-18/h9-11,14-15,18,24,26-27H,2-8H2,1H3,(H,19,20,21)/t11-,14-,15-,18-/m1/s1. The third-order valence-electron chi connectivity index (χ3n) is 4.81. The number of hydrogen-bond acceptors (Lipinski definition) is 10. The van der Waals surface area contributed by atoms with Crippen LogP contribution in [0.2, 0.25) is 0 Å². The molecule has 4 atom stereocenters. The summed E-state index contributed by atoms with van der Waals surface area (Å²) in [5.74, 6) is 0.374. The van der Waals surface area contributed by atoms with Crippen molar-refractivity contribution in [1.82, 2.24) is 19.5 Å². The van der Waals surface area contributed by atoms with Crippen molar-refractivity contribution in [3.8, 4) is 0 Å². The van der Waals surface area contributed by atoms with Crippen LogP contribution in [0.15, 0.2) is 12.7 Å². The molecule has 11 heteroatoms. The molecule has 0 spiro atoms. The number of anilines is 1. The number of aliphatic hydroxyl groups is 3. The summed E-state index contributed by atoms with van der Waals surface area (Å²) in [5, 5.41) is 32.7. The average Bonchev–Trinajstić information content (AvgIpc) is 3.26. The second kappa shape index (κ2) is 9.92. The number of hydrogen-bond donors (Lipinski definition) is 4. The summed E-state index contributed by atoms with van der Waals surface area (Å²) in [4.78, 5) is 24.1. The third-order valence-corrected chi connectivity index (χ3v) is 4.81. The van der Waals surface area contributed by atoms with Crippen molar-refractivity contribution < 1.29 is 29.6 Å². The lowest BCUT2D eigenvalue weighted by molar-refractivity contribution is -0.143. The fraction of sp³-hybridized carbons (Fsp3) is 0.667. The van der Waals surface area contributed by atoms with Gasteiger partial charge in [0.05, 0.1) is 19.5 Å². The number of carbonyl (C=O) groups excluding carboxylic acids is 1. The Morgan fingerprint density at radius 2 is 2.07 bits per heavy atom. The number of imidazole rings is 1. The molecule has 160 valence electrons. The van der Waals surface area contributed by atoms with Gasteiger partial charge >= 0.3 is 5.97 Å². The molecule has 1 aliphatic heterocycles. The van der Waals surface area contributed by atoms with Crippen LogP contribution >= 0.6 is 0 Å². The molecule has 1 saturated heterocycles. The molecule has 0 radical (unpaired) electrons. The van der Waals surface area contributed by atoms with Crippen LogP contribution in [0.5, 0.6) is 0 Å². The largest absolute Gasteiger partial charge is 0.466 e.